The highest BCUT2D eigenvalue weighted by Gasteiger charge is 2.35. The second-order valence-electron chi connectivity index (χ2n) is 7.83. The van der Waals surface area contributed by atoms with Crippen LogP contribution in [0.2, 0.25) is 0 Å². The molecule has 3 rings (SSSR count). The first-order valence-corrected chi connectivity index (χ1v) is 10.2. The van der Waals surface area contributed by atoms with Gasteiger partial charge in [-0.15, -0.1) is 0 Å². The van der Waals surface area contributed by atoms with E-state index in [0.29, 0.717) is 30.3 Å². The molecule has 1 aromatic carbocycles. The average molecular weight is 459 g/mol. The van der Waals surface area contributed by atoms with Crippen molar-refractivity contribution in [2.45, 2.75) is 55.4 Å². The van der Waals surface area contributed by atoms with Gasteiger partial charge in [0.05, 0.1) is 24.9 Å². The summed E-state index contributed by atoms with van der Waals surface area (Å²) in [5.41, 5.74) is -0.682. The topological polar surface area (TPSA) is 64.6 Å². The summed E-state index contributed by atoms with van der Waals surface area (Å²) < 4.78 is 64.1. The number of rotatable bonds is 3. The van der Waals surface area contributed by atoms with Gasteiger partial charge in [-0.05, 0) is 45.4 Å². The molecule has 0 radical (unpaired) electrons. The molecule has 168 valence electrons. The van der Waals surface area contributed by atoms with E-state index in [9.17, 15) is 22.4 Å². The highest BCUT2D eigenvalue weighted by molar-refractivity contribution is 7.99. The fourth-order valence-corrected chi connectivity index (χ4v) is 4.05. The Bertz CT molecular complexity index is 993. The third kappa shape index (κ3) is 5.57. The number of halogens is 4. The van der Waals surface area contributed by atoms with Gasteiger partial charge in [0, 0.05) is 17.0 Å². The maximum Gasteiger partial charge on any atom is 0.417 e. The Balaban J connectivity index is 1.95. The first-order chi connectivity index (χ1) is 14.4. The second kappa shape index (κ2) is 8.52. The van der Waals surface area contributed by atoms with Crippen LogP contribution < -0.4 is 4.74 Å². The Kier molecular flexibility index (Phi) is 6.35. The molecule has 0 bridgehead atoms. The number of alkyl halides is 3. The molecule has 1 amide bonds. The Labute approximate surface area is 181 Å². The van der Waals surface area contributed by atoms with Crippen LogP contribution in [-0.4, -0.2) is 40.2 Å². The van der Waals surface area contributed by atoms with Crippen LogP contribution in [0.5, 0.6) is 6.01 Å². The number of ether oxygens (including phenoxy) is 2. The highest BCUT2D eigenvalue weighted by Crippen LogP contribution is 2.41. The average Bonchev–Trinajstić information content (AvgIpc) is 2.66. The van der Waals surface area contributed by atoms with Crippen molar-refractivity contribution in [1.82, 2.24) is 14.9 Å². The van der Waals surface area contributed by atoms with Crippen molar-refractivity contribution in [2.24, 2.45) is 0 Å². The zero-order valence-corrected chi connectivity index (χ0v) is 18.2. The van der Waals surface area contributed by atoms with E-state index in [4.69, 9.17) is 9.47 Å². The Morgan fingerprint density at radius 3 is 2.52 bits per heavy atom. The van der Waals surface area contributed by atoms with Gasteiger partial charge in [-0.25, -0.2) is 9.18 Å². The van der Waals surface area contributed by atoms with E-state index in [-0.39, 0.29) is 22.5 Å². The largest absolute Gasteiger partial charge is 0.467 e. The van der Waals surface area contributed by atoms with Crippen LogP contribution in [0, 0.1) is 5.82 Å². The first-order valence-electron chi connectivity index (χ1n) is 9.33. The van der Waals surface area contributed by atoms with E-state index >= 15 is 0 Å². The Morgan fingerprint density at radius 1 is 1.19 bits per heavy atom. The number of hydrogen-bond donors (Lipinski definition) is 0. The molecule has 1 aliphatic heterocycles. The molecule has 2 heterocycles. The summed E-state index contributed by atoms with van der Waals surface area (Å²) >= 11 is 0.761. The lowest BCUT2D eigenvalue weighted by molar-refractivity contribution is -0.139. The molecule has 2 aromatic rings. The van der Waals surface area contributed by atoms with E-state index in [0.717, 1.165) is 23.9 Å². The minimum absolute atomic E-state index is 0.0389. The number of amides is 1. The fourth-order valence-electron chi connectivity index (χ4n) is 2.95. The summed E-state index contributed by atoms with van der Waals surface area (Å²) in [5, 5.41) is 0.266. The lowest BCUT2D eigenvalue weighted by Gasteiger charge is -2.31. The van der Waals surface area contributed by atoms with E-state index < -0.39 is 29.3 Å². The Morgan fingerprint density at radius 2 is 1.90 bits per heavy atom. The number of fused-ring (bicyclic) bond motifs is 1. The van der Waals surface area contributed by atoms with Crippen LogP contribution in [0.3, 0.4) is 0 Å². The van der Waals surface area contributed by atoms with Crippen LogP contribution in [0.25, 0.3) is 0 Å². The van der Waals surface area contributed by atoms with Crippen molar-refractivity contribution in [3.8, 4) is 6.01 Å². The van der Waals surface area contributed by atoms with Crippen molar-refractivity contribution < 1.29 is 31.8 Å². The van der Waals surface area contributed by atoms with E-state index in [1.807, 2.05) is 0 Å². The molecule has 0 saturated carbocycles. The third-order valence-corrected chi connectivity index (χ3v) is 5.40. The lowest BCUT2D eigenvalue weighted by Crippen LogP contribution is -2.40. The van der Waals surface area contributed by atoms with E-state index in [1.54, 1.807) is 20.8 Å². The number of benzene rings is 1. The lowest BCUT2D eigenvalue weighted by atomic mass is 10.1. The number of aromatic nitrogens is 2. The van der Waals surface area contributed by atoms with Crippen LogP contribution in [0.4, 0.5) is 22.4 Å². The van der Waals surface area contributed by atoms with Gasteiger partial charge in [-0.2, -0.15) is 23.1 Å². The van der Waals surface area contributed by atoms with Gasteiger partial charge in [0.2, 0.25) is 0 Å². The SMILES string of the molecule is COc1nc2c(c(Sc3ccc(F)cc3C(F)(F)F)n1)CCN(C(=O)OC(C)(C)C)C2. The van der Waals surface area contributed by atoms with Gasteiger partial charge in [-0.1, -0.05) is 11.8 Å². The summed E-state index contributed by atoms with van der Waals surface area (Å²) in [6.07, 6.45) is -4.92. The predicted molar refractivity (Wildman–Crippen MR) is 104 cm³/mol. The molecule has 0 saturated heterocycles. The van der Waals surface area contributed by atoms with Crippen LogP contribution >= 0.6 is 11.8 Å². The van der Waals surface area contributed by atoms with Gasteiger partial charge >= 0.3 is 18.3 Å². The highest BCUT2D eigenvalue weighted by atomic mass is 32.2. The number of carbonyl (C=O) groups excluding carboxylic acids is 1. The molecule has 1 aromatic heterocycles. The summed E-state index contributed by atoms with van der Waals surface area (Å²) in [4.78, 5) is 22.2. The van der Waals surface area contributed by atoms with E-state index in [1.165, 1.54) is 12.0 Å². The zero-order valence-electron chi connectivity index (χ0n) is 17.3. The Hall–Kier alpha value is -2.56. The molecule has 0 N–H and O–H groups in total. The molecular formula is C20H21F4N3O3S. The van der Waals surface area contributed by atoms with Gasteiger partial charge in [0.25, 0.3) is 0 Å². The van der Waals surface area contributed by atoms with Crippen LogP contribution in [0.1, 0.15) is 37.6 Å². The monoisotopic (exact) mass is 459 g/mol. The summed E-state index contributed by atoms with van der Waals surface area (Å²) in [5.74, 6) is -0.980. The normalized spacial score (nSPS) is 14.3. The molecule has 0 aliphatic carbocycles. The summed E-state index contributed by atoms with van der Waals surface area (Å²) in [7, 11) is 1.34. The zero-order chi connectivity index (χ0) is 23.0. The van der Waals surface area contributed by atoms with Gasteiger partial charge in [0.1, 0.15) is 16.4 Å². The molecule has 11 heteroatoms. The molecule has 0 atom stereocenters. The summed E-state index contributed by atoms with van der Waals surface area (Å²) in [6.45, 7) is 5.66. The maximum absolute atomic E-state index is 13.4. The van der Waals surface area contributed by atoms with Crippen molar-refractivity contribution in [1.29, 1.82) is 0 Å². The third-order valence-electron chi connectivity index (χ3n) is 4.29. The minimum atomic E-state index is -4.73. The van der Waals surface area contributed by atoms with Crippen LogP contribution in [0.15, 0.2) is 28.1 Å². The number of methoxy groups -OCH3 is 1. The van der Waals surface area contributed by atoms with Gasteiger partial charge in [0.15, 0.2) is 0 Å². The van der Waals surface area contributed by atoms with Crippen molar-refractivity contribution >= 4 is 17.9 Å². The molecule has 6 nitrogen and oxygen atoms in total. The predicted octanol–water partition coefficient (Wildman–Crippen LogP) is 5.09. The molecular weight excluding hydrogens is 438 g/mol. The summed E-state index contributed by atoms with van der Waals surface area (Å²) in [6, 6.07) is 2.45. The minimum Gasteiger partial charge on any atom is -0.467 e. The number of nitrogens with zero attached hydrogens (tertiary/aromatic N) is 3. The quantitative estimate of drug-likeness (QED) is 0.471. The number of carbonyl (C=O) groups is 1. The molecule has 0 fully saturated rings. The molecule has 1 aliphatic rings. The molecule has 0 unspecified atom stereocenters. The van der Waals surface area contributed by atoms with Gasteiger partial charge < -0.3 is 14.4 Å². The van der Waals surface area contributed by atoms with Crippen molar-refractivity contribution in [3.05, 3.63) is 40.8 Å². The molecule has 0 spiro atoms. The maximum atomic E-state index is 13.4. The standard InChI is InChI=1S/C20H21F4N3O3S/c1-19(2,3)30-18(28)27-8-7-12-14(10-27)25-17(29-4)26-16(12)31-15-6-5-11(21)9-13(15)20(22,23)24/h5-6,9H,7-8,10H2,1-4H3. The van der Waals surface area contributed by atoms with Crippen molar-refractivity contribution in [2.75, 3.05) is 13.7 Å². The van der Waals surface area contributed by atoms with E-state index in [2.05, 4.69) is 9.97 Å². The first kappa shape index (κ1) is 23.1. The smallest absolute Gasteiger partial charge is 0.417 e. The van der Waals surface area contributed by atoms with Crippen molar-refractivity contribution in [3.63, 3.8) is 0 Å². The van der Waals surface area contributed by atoms with Gasteiger partial charge in [-0.3, -0.25) is 0 Å². The van der Waals surface area contributed by atoms with Crippen LogP contribution in [-0.2, 0) is 23.9 Å². The number of hydrogen-bond acceptors (Lipinski definition) is 6. The fraction of sp³-hybridized carbons (Fsp3) is 0.450. The molecule has 31 heavy (non-hydrogen) atoms. The second-order valence-corrected chi connectivity index (χ2v) is 8.86.